The van der Waals surface area contributed by atoms with Crippen LogP contribution in [0.25, 0.3) is 54.2 Å². The monoisotopic (exact) mass is 1160 g/mol. The number of methoxy groups -OCH3 is 2. The van der Waals surface area contributed by atoms with Gasteiger partial charge < -0.3 is 18.9 Å². The highest BCUT2D eigenvalue weighted by Gasteiger charge is 2.34. The molecule has 430 valence electrons. The lowest BCUT2D eigenvalue weighted by molar-refractivity contribution is 0.298. The van der Waals surface area contributed by atoms with Gasteiger partial charge in [-0.05, 0) is 183 Å². The average molecular weight is 1160 g/mol. The van der Waals surface area contributed by atoms with Crippen molar-refractivity contribution < 1.29 is 18.9 Å². The van der Waals surface area contributed by atoms with E-state index in [2.05, 4.69) is 263 Å². The van der Waals surface area contributed by atoms with Gasteiger partial charge in [0.1, 0.15) is 23.0 Å². The van der Waals surface area contributed by atoms with Crippen LogP contribution in [0.4, 0.5) is 0 Å². The zero-order chi connectivity index (χ0) is 59.9. The Morgan fingerprint density at radius 3 is 0.942 bits per heavy atom. The van der Waals surface area contributed by atoms with Crippen molar-refractivity contribution in [3.8, 4) is 34.1 Å². The van der Waals surface area contributed by atoms with E-state index < -0.39 is 15.8 Å². The first-order valence-corrected chi connectivity index (χ1v) is 32.7. The second-order valence-electron chi connectivity index (χ2n) is 24.1. The molecular formula is C80H76O4P2. The Morgan fingerprint density at radius 2 is 0.616 bits per heavy atom. The third-order valence-electron chi connectivity index (χ3n) is 16.8. The second kappa shape index (κ2) is 24.6. The van der Waals surface area contributed by atoms with Gasteiger partial charge in [0.15, 0.2) is 0 Å². The maximum absolute atomic E-state index is 7.73. The maximum Gasteiger partial charge on any atom is 0.128 e. The summed E-state index contributed by atoms with van der Waals surface area (Å²) in [5, 5.41) is 16.8. The predicted molar refractivity (Wildman–Crippen MR) is 371 cm³/mol. The van der Waals surface area contributed by atoms with Crippen LogP contribution in [-0.2, 0) is 0 Å². The highest BCUT2D eigenvalue weighted by atomic mass is 31.1. The topological polar surface area (TPSA) is 36.9 Å². The van der Waals surface area contributed by atoms with Crippen LogP contribution in [0.3, 0.4) is 0 Å². The molecule has 0 amide bonds. The van der Waals surface area contributed by atoms with Crippen LogP contribution in [-0.4, -0.2) is 27.4 Å². The van der Waals surface area contributed by atoms with Crippen LogP contribution in [0.15, 0.2) is 206 Å². The van der Waals surface area contributed by atoms with Crippen LogP contribution in [0.2, 0.25) is 0 Å². The summed E-state index contributed by atoms with van der Waals surface area (Å²) in [7, 11) is 0.785. The molecule has 0 N–H and O–H groups in total. The predicted octanol–water partition coefficient (Wildman–Crippen LogP) is 18.3. The first kappa shape index (κ1) is 58.1. The minimum absolute atomic E-state index is 0.0560. The molecule has 86 heavy (non-hydrogen) atoms. The summed E-state index contributed by atoms with van der Waals surface area (Å²) in [5.41, 5.74) is 14.7. The van der Waals surface area contributed by atoms with E-state index in [4.69, 9.17) is 18.9 Å². The number of aryl methyl sites for hydroxylation is 8. The van der Waals surface area contributed by atoms with E-state index in [1.807, 2.05) is 12.1 Å². The van der Waals surface area contributed by atoms with Gasteiger partial charge >= 0.3 is 0 Å². The molecule has 0 radical (unpaired) electrons. The Bertz CT molecular complexity index is 4090. The smallest absolute Gasteiger partial charge is 0.128 e. The first-order chi connectivity index (χ1) is 41.6. The van der Waals surface area contributed by atoms with Crippen molar-refractivity contribution in [2.24, 2.45) is 0 Å². The average Bonchev–Trinajstić information content (AvgIpc) is 0.935. The Balaban J connectivity index is 1.19. The van der Waals surface area contributed by atoms with Crippen molar-refractivity contribution in [3.63, 3.8) is 0 Å². The Morgan fingerprint density at radius 1 is 0.314 bits per heavy atom. The lowest BCUT2D eigenvalue weighted by atomic mass is 9.92. The van der Waals surface area contributed by atoms with Gasteiger partial charge in [-0.3, -0.25) is 0 Å². The van der Waals surface area contributed by atoms with Crippen molar-refractivity contribution in [2.45, 2.75) is 81.1 Å². The molecular weight excluding hydrogens is 1090 g/mol. The number of ether oxygens (including phenoxy) is 4. The van der Waals surface area contributed by atoms with E-state index in [1.54, 1.807) is 14.2 Å². The van der Waals surface area contributed by atoms with Crippen LogP contribution in [0.1, 0.15) is 81.3 Å². The third kappa shape index (κ3) is 12.0. The third-order valence-corrected chi connectivity index (χ3v) is 21.7. The van der Waals surface area contributed by atoms with Crippen molar-refractivity contribution in [1.29, 1.82) is 0 Å². The summed E-state index contributed by atoms with van der Waals surface area (Å²) in [5.74, 6) is 3.61. The number of hydrogen-bond acceptors (Lipinski definition) is 4. The van der Waals surface area contributed by atoms with E-state index in [0.717, 1.165) is 44.5 Å². The molecule has 0 unspecified atom stereocenters. The normalized spacial score (nSPS) is 12.4. The number of fused-ring (bicyclic) bond motifs is 4. The van der Waals surface area contributed by atoms with E-state index in [-0.39, 0.29) is 11.8 Å². The number of benzene rings is 12. The zero-order valence-electron chi connectivity index (χ0n) is 51.7. The zero-order valence-corrected chi connectivity index (χ0v) is 53.5. The summed E-state index contributed by atoms with van der Waals surface area (Å²) >= 11 is 0. The van der Waals surface area contributed by atoms with Crippen LogP contribution >= 0.6 is 15.8 Å². The minimum Gasteiger partial charge on any atom is -0.497 e. The Labute approximate surface area is 511 Å². The molecule has 0 aromatic heterocycles. The molecule has 2 atom stereocenters. The van der Waals surface area contributed by atoms with Crippen LogP contribution in [0.5, 0.6) is 23.0 Å². The van der Waals surface area contributed by atoms with Crippen molar-refractivity contribution in [3.05, 3.63) is 262 Å². The lowest BCUT2D eigenvalue weighted by Crippen LogP contribution is -2.29. The fraction of sp³-hybridized carbons (Fsp3) is 0.200. The molecule has 0 spiro atoms. The highest BCUT2D eigenvalue weighted by molar-refractivity contribution is 7.81. The molecule has 0 aliphatic heterocycles. The molecule has 4 nitrogen and oxygen atoms in total. The molecule has 0 bridgehead atoms. The van der Waals surface area contributed by atoms with Crippen molar-refractivity contribution >= 4 is 90.8 Å². The first-order valence-electron chi connectivity index (χ1n) is 30.0. The van der Waals surface area contributed by atoms with Crippen molar-refractivity contribution in [1.82, 2.24) is 0 Å². The molecule has 0 saturated heterocycles. The van der Waals surface area contributed by atoms with Crippen LogP contribution in [0, 0.1) is 55.4 Å². The van der Waals surface area contributed by atoms with Crippen molar-refractivity contribution in [2.75, 3.05) is 27.4 Å². The molecule has 12 rings (SSSR count). The molecule has 0 heterocycles. The SMILES string of the molecule is COc1ccc2cc([C@H](C)COc3cc4ccccc4c(-c4c(P(c5cc(C)cc(C)c5)c5cc(C)cc(C)c5)c(OC[C@@H](C)c5ccc6cc(OC)ccc6c5)cc5ccccc45)c3P(c3cc(C)cc(C)c3)c3cc(C)cc(C)c3)ccc2c1. The summed E-state index contributed by atoms with van der Waals surface area (Å²) < 4.78 is 26.7. The summed E-state index contributed by atoms with van der Waals surface area (Å²) in [4.78, 5) is 0. The Hall–Kier alpha value is -8.26. The van der Waals surface area contributed by atoms with Gasteiger partial charge in [-0.2, -0.15) is 0 Å². The van der Waals surface area contributed by atoms with E-state index >= 15 is 0 Å². The summed E-state index contributed by atoms with van der Waals surface area (Å²) in [6, 6.07) is 77.8. The lowest BCUT2D eigenvalue weighted by Gasteiger charge is -2.32. The molecule has 0 saturated carbocycles. The van der Waals surface area contributed by atoms with Gasteiger partial charge in [0.25, 0.3) is 0 Å². The minimum atomic E-state index is -1.33. The van der Waals surface area contributed by atoms with Gasteiger partial charge in [0.05, 0.1) is 27.4 Å². The molecule has 0 aliphatic carbocycles. The fourth-order valence-electron chi connectivity index (χ4n) is 12.9. The molecule has 0 aliphatic rings. The van der Waals surface area contributed by atoms with E-state index in [9.17, 15) is 0 Å². The molecule has 0 fully saturated rings. The second-order valence-corrected chi connectivity index (χ2v) is 28.4. The molecule has 12 aromatic rings. The van der Waals surface area contributed by atoms with Gasteiger partial charge in [-0.1, -0.05) is 228 Å². The number of rotatable bonds is 17. The highest BCUT2D eigenvalue weighted by Crippen LogP contribution is 2.51. The fourth-order valence-corrected chi connectivity index (χ4v) is 18.8. The maximum atomic E-state index is 7.73. The number of hydrogen-bond donors (Lipinski definition) is 0. The summed E-state index contributed by atoms with van der Waals surface area (Å²) in [6.45, 7) is 23.5. The summed E-state index contributed by atoms with van der Waals surface area (Å²) in [6.07, 6.45) is 0. The van der Waals surface area contributed by atoms with Gasteiger partial charge in [-0.25, -0.2) is 0 Å². The van der Waals surface area contributed by atoms with Gasteiger partial charge in [-0.15, -0.1) is 0 Å². The van der Waals surface area contributed by atoms with Gasteiger partial charge in [0.2, 0.25) is 0 Å². The van der Waals surface area contributed by atoms with E-state index in [0.29, 0.717) is 13.2 Å². The Kier molecular flexibility index (Phi) is 16.6. The van der Waals surface area contributed by atoms with Crippen LogP contribution < -0.4 is 50.8 Å². The van der Waals surface area contributed by atoms with Gasteiger partial charge in [0, 0.05) is 33.6 Å². The quantitative estimate of drug-likeness (QED) is 0.0852. The molecule has 12 aromatic carbocycles. The standard InChI is InChI=1S/C80H76O4P2/c1-49-29-50(2)34-69(33-49)85(70-35-51(3)30-52(4)36-70)79-75(83-47-57(9)59-21-23-63-43-67(81-11)27-25-61(63)41-59)45-65-17-13-15-19-73(65)77(79)78-74-20-16-14-18-66(74)46-76(84-48-58(10)60-22-24-64-44-68(82-12)28-26-62(64)42-60)80(78)86(71-37-53(5)31-54(6)38-71)72-39-55(7)32-56(8)40-72/h13-46,57-58H,47-48H2,1-12H3/t57-,58-/m1/s1. The van der Waals surface area contributed by atoms with E-state index in [1.165, 1.54) is 120 Å². The largest absolute Gasteiger partial charge is 0.497 e. The molecule has 6 heteroatoms.